The highest BCUT2D eigenvalue weighted by Crippen LogP contribution is 2.15. The van der Waals surface area contributed by atoms with Crippen LogP contribution in [0.1, 0.15) is 36.7 Å². The second-order valence-corrected chi connectivity index (χ2v) is 6.62. The number of carbonyl (C=O) groups excluding carboxylic acids is 2. The molecular weight excluding hydrogens is 294 g/mol. The second kappa shape index (κ2) is 7.00. The van der Waals surface area contributed by atoms with Crippen molar-refractivity contribution in [2.75, 3.05) is 26.2 Å². The van der Waals surface area contributed by atoms with E-state index in [-0.39, 0.29) is 12.0 Å². The molecule has 1 saturated heterocycles. The van der Waals surface area contributed by atoms with E-state index in [0.717, 1.165) is 5.56 Å². The fraction of sp³-hybridized carbons (Fsp3) is 0.529. The van der Waals surface area contributed by atoms with Gasteiger partial charge in [0.25, 0.3) is 5.91 Å². The molecule has 0 aromatic heterocycles. The Morgan fingerprint density at radius 1 is 1.09 bits per heavy atom. The van der Waals surface area contributed by atoms with E-state index >= 15 is 0 Å². The monoisotopic (exact) mass is 319 g/mol. The molecule has 1 heterocycles. The van der Waals surface area contributed by atoms with Crippen molar-refractivity contribution >= 4 is 12.0 Å². The standard InChI is InChI=1S/C17H25N3O3/c1-17(2,3)23-16(22)20-10-8-19(9-11-20)15(21)14-7-5-4-6-13(14)12-18/h4-7H,8-12,18H2,1-3H3. The largest absolute Gasteiger partial charge is 0.444 e. The van der Waals surface area contributed by atoms with Crippen LogP contribution < -0.4 is 5.73 Å². The van der Waals surface area contributed by atoms with Crippen molar-refractivity contribution in [2.24, 2.45) is 5.73 Å². The molecule has 0 radical (unpaired) electrons. The number of piperazine rings is 1. The highest BCUT2D eigenvalue weighted by Gasteiger charge is 2.28. The zero-order chi connectivity index (χ0) is 17.0. The average molecular weight is 319 g/mol. The number of benzene rings is 1. The van der Waals surface area contributed by atoms with Crippen LogP contribution in [0.3, 0.4) is 0 Å². The molecule has 0 bridgehead atoms. The maximum absolute atomic E-state index is 12.6. The molecule has 0 unspecified atom stereocenters. The first-order valence-corrected chi connectivity index (χ1v) is 7.87. The van der Waals surface area contributed by atoms with Gasteiger partial charge in [-0.1, -0.05) is 18.2 Å². The summed E-state index contributed by atoms with van der Waals surface area (Å²) in [5.41, 5.74) is 6.67. The van der Waals surface area contributed by atoms with Crippen LogP contribution in [0.2, 0.25) is 0 Å². The van der Waals surface area contributed by atoms with Crippen molar-refractivity contribution in [1.82, 2.24) is 9.80 Å². The van der Waals surface area contributed by atoms with Gasteiger partial charge in [0.05, 0.1) is 0 Å². The molecule has 1 aromatic rings. The summed E-state index contributed by atoms with van der Waals surface area (Å²) in [6.45, 7) is 7.81. The summed E-state index contributed by atoms with van der Waals surface area (Å²) in [6, 6.07) is 7.37. The van der Waals surface area contributed by atoms with Gasteiger partial charge in [-0.15, -0.1) is 0 Å². The molecule has 6 heteroatoms. The number of hydrogen-bond donors (Lipinski definition) is 1. The minimum absolute atomic E-state index is 0.0325. The minimum atomic E-state index is -0.510. The van der Waals surface area contributed by atoms with Gasteiger partial charge in [0.2, 0.25) is 0 Å². The third-order valence-electron chi connectivity index (χ3n) is 3.69. The van der Waals surface area contributed by atoms with Crippen LogP contribution in [0.5, 0.6) is 0 Å². The van der Waals surface area contributed by atoms with Crippen molar-refractivity contribution < 1.29 is 14.3 Å². The van der Waals surface area contributed by atoms with Crippen LogP contribution >= 0.6 is 0 Å². The van der Waals surface area contributed by atoms with Gasteiger partial charge < -0.3 is 20.3 Å². The van der Waals surface area contributed by atoms with Crippen LogP contribution in [0.4, 0.5) is 4.79 Å². The summed E-state index contributed by atoms with van der Waals surface area (Å²) in [4.78, 5) is 28.1. The third-order valence-corrected chi connectivity index (χ3v) is 3.69. The van der Waals surface area contributed by atoms with Crippen molar-refractivity contribution in [3.8, 4) is 0 Å². The minimum Gasteiger partial charge on any atom is -0.444 e. The molecule has 126 valence electrons. The molecule has 1 aliphatic heterocycles. The number of hydrogen-bond acceptors (Lipinski definition) is 4. The fourth-order valence-electron chi connectivity index (χ4n) is 2.50. The second-order valence-electron chi connectivity index (χ2n) is 6.62. The van der Waals surface area contributed by atoms with Crippen LogP contribution in [-0.4, -0.2) is 53.6 Å². The molecule has 2 rings (SSSR count). The van der Waals surface area contributed by atoms with E-state index in [0.29, 0.717) is 38.3 Å². The van der Waals surface area contributed by atoms with Gasteiger partial charge in [-0.3, -0.25) is 4.79 Å². The van der Waals surface area contributed by atoms with Crippen LogP contribution in [0, 0.1) is 0 Å². The molecule has 23 heavy (non-hydrogen) atoms. The molecule has 0 spiro atoms. The summed E-state index contributed by atoms with van der Waals surface area (Å²) < 4.78 is 5.36. The fourth-order valence-corrected chi connectivity index (χ4v) is 2.50. The van der Waals surface area contributed by atoms with Gasteiger partial charge in [0.15, 0.2) is 0 Å². The van der Waals surface area contributed by atoms with E-state index in [2.05, 4.69) is 0 Å². The maximum atomic E-state index is 12.6. The number of amides is 2. The Labute approximate surface area is 137 Å². The van der Waals surface area contributed by atoms with Gasteiger partial charge in [-0.2, -0.15) is 0 Å². The normalized spacial score (nSPS) is 15.5. The van der Waals surface area contributed by atoms with Crippen molar-refractivity contribution in [1.29, 1.82) is 0 Å². The van der Waals surface area contributed by atoms with E-state index in [1.165, 1.54) is 0 Å². The SMILES string of the molecule is CC(C)(C)OC(=O)N1CCN(C(=O)c2ccccc2CN)CC1. The van der Waals surface area contributed by atoms with Gasteiger partial charge >= 0.3 is 6.09 Å². The van der Waals surface area contributed by atoms with E-state index in [9.17, 15) is 9.59 Å². The average Bonchev–Trinajstić information content (AvgIpc) is 2.52. The topological polar surface area (TPSA) is 75.9 Å². The molecule has 0 aliphatic carbocycles. The summed E-state index contributed by atoms with van der Waals surface area (Å²) in [6.07, 6.45) is -0.327. The Morgan fingerprint density at radius 2 is 1.65 bits per heavy atom. The Bertz CT molecular complexity index is 573. The first-order chi connectivity index (χ1) is 10.8. The first-order valence-electron chi connectivity index (χ1n) is 7.87. The zero-order valence-electron chi connectivity index (χ0n) is 14.0. The van der Waals surface area contributed by atoms with Crippen molar-refractivity contribution in [3.63, 3.8) is 0 Å². The lowest BCUT2D eigenvalue weighted by Crippen LogP contribution is -2.51. The van der Waals surface area contributed by atoms with E-state index in [4.69, 9.17) is 10.5 Å². The Kier molecular flexibility index (Phi) is 5.26. The first kappa shape index (κ1) is 17.3. The van der Waals surface area contributed by atoms with E-state index in [1.54, 1.807) is 15.9 Å². The van der Waals surface area contributed by atoms with E-state index in [1.807, 2.05) is 39.0 Å². The predicted molar refractivity (Wildman–Crippen MR) is 88.0 cm³/mol. The Balaban J connectivity index is 1.96. The quantitative estimate of drug-likeness (QED) is 0.902. The van der Waals surface area contributed by atoms with Gasteiger partial charge in [0, 0.05) is 38.3 Å². The summed E-state index contributed by atoms with van der Waals surface area (Å²) in [5, 5.41) is 0. The smallest absolute Gasteiger partial charge is 0.410 e. The number of nitrogens with zero attached hydrogens (tertiary/aromatic N) is 2. The molecule has 0 atom stereocenters. The third kappa shape index (κ3) is 4.45. The number of rotatable bonds is 2. The number of nitrogens with two attached hydrogens (primary N) is 1. The summed E-state index contributed by atoms with van der Waals surface area (Å²) >= 11 is 0. The molecule has 1 aliphatic rings. The highest BCUT2D eigenvalue weighted by molar-refractivity contribution is 5.95. The van der Waals surface area contributed by atoms with Gasteiger partial charge in [-0.25, -0.2) is 4.79 Å². The van der Waals surface area contributed by atoms with Crippen LogP contribution in [0.25, 0.3) is 0 Å². The molecule has 2 amide bonds. The van der Waals surface area contributed by atoms with Gasteiger partial charge in [-0.05, 0) is 32.4 Å². The molecular formula is C17H25N3O3. The molecule has 1 aromatic carbocycles. The zero-order valence-corrected chi connectivity index (χ0v) is 14.0. The van der Waals surface area contributed by atoms with Crippen LogP contribution in [0.15, 0.2) is 24.3 Å². The van der Waals surface area contributed by atoms with Crippen molar-refractivity contribution in [3.05, 3.63) is 35.4 Å². The predicted octanol–water partition coefficient (Wildman–Crippen LogP) is 1.84. The summed E-state index contributed by atoms with van der Waals surface area (Å²) in [5.74, 6) is -0.0325. The lowest BCUT2D eigenvalue weighted by Gasteiger charge is -2.35. The van der Waals surface area contributed by atoms with E-state index < -0.39 is 5.60 Å². The lowest BCUT2D eigenvalue weighted by atomic mass is 10.1. The molecule has 1 fully saturated rings. The number of ether oxygens (including phenoxy) is 1. The highest BCUT2D eigenvalue weighted by atomic mass is 16.6. The Morgan fingerprint density at radius 3 is 2.22 bits per heavy atom. The number of carbonyl (C=O) groups is 2. The molecule has 6 nitrogen and oxygen atoms in total. The lowest BCUT2D eigenvalue weighted by molar-refractivity contribution is 0.0140. The van der Waals surface area contributed by atoms with Crippen LogP contribution in [-0.2, 0) is 11.3 Å². The van der Waals surface area contributed by atoms with Crippen molar-refractivity contribution in [2.45, 2.75) is 32.9 Å². The molecule has 0 saturated carbocycles. The maximum Gasteiger partial charge on any atom is 0.410 e. The summed E-state index contributed by atoms with van der Waals surface area (Å²) in [7, 11) is 0. The Hall–Kier alpha value is -2.08. The molecule has 2 N–H and O–H groups in total. The van der Waals surface area contributed by atoms with Gasteiger partial charge in [0.1, 0.15) is 5.60 Å².